The zero-order valence-corrected chi connectivity index (χ0v) is 9.73. The van der Waals surface area contributed by atoms with E-state index in [0.717, 1.165) is 5.56 Å². The molecule has 0 fully saturated rings. The van der Waals surface area contributed by atoms with E-state index in [-0.39, 0.29) is 10.8 Å². The van der Waals surface area contributed by atoms with Crippen molar-refractivity contribution in [3.63, 3.8) is 0 Å². The van der Waals surface area contributed by atoms with Gasteiger partial charge in [-0.3, -0.25) is 9.36 Å². The van der Waals surface area contributed by atoms with Gasteiger partial charge in [0.2, 0.25) is 5.28 Å². The fourth-order valence-corrected chi connectivity index (χ4v) is 1.95. The summed E-state index contributed by atoms with van der Waals surface area (Å²) in [6.45, 7) is 1.82. The molecule has 0 bridgehead atoms. The van der Waals surface area contributed by atoms with E-state index in [1.807, 2.05) is 6.92 Å². The maximum atomic E-state index is 11.9. The van der Waals surface area contributed by atoms with E-state index in [1.165, 1.54) is 4.57 Å². The first kappa shape index (κ1) is 10.5. The Morgan fingerprint density at radius 1 is 1.33 bits per heavy atom. The average molecular weight is 243 g/mol. The Hall–Kier alpha value is -1.06. The largest absolute Gasteiger partial charge is 0.286 e. The Kier molecular flexibility index (Phi) is 2.44. The Morgan fingerprint density at radius 2 is 2.00 bits per heavy atom. The van der Waals surface area contributed by atoms with Gasteiger partial charge >= 0.3 is 0 Å². The summed E-state index contributed by atoms with van der Waals surface area (Å²) >= 11 is 11.7. The minimum Gasteiger partial charge on any atom is -0.286 e. The molecule has 2 aromatic rings. The second-order valence-electron chi connectivity index (χ2n) is 3.36. The number of rotatable bonds is 0. The zero-order chi connectivity index (χ0) is 11.2. The summed E-state index contributed by atoms with van der Waals surface area (Å²) in [6, 6.07) is 3.37. The molecule has 0 aliphatic heterocycles. The fourth-order valence-electron chi connectivity index (χ4n) is 1.52. The summed E-state index contributed by atoms with van der Waals surface area (Å²) < 4.78 is 1.31. The molecule has 1 aromatic heterocycles. The molecule has 2 rings (SSSR count). The standard InChI is InChI=1S/C10H8Cl2N2O/c1-5-3-6(11)4-7-8(5)9(15)14(2)10(12)13-7/h3-4H,1-2H3. The number of nitrogens with zero attached hydrogens (tertiary/aromatic N) is 2. The molecule has 0 aliphatic rings. The highest BCUT2D eigenvalue weighted by molar-refractivity contribution is 6.31. The predicted molar refractivity (Wildman–Crippen MR) is 61.7 cm³/mol. The van der Waals surface area contributed by atoms with Crippen molar-refractivity contribution >= 4 is 34.1 Å². The molecule has 78 valence electrons. The predicted octanol–water partition coefficient (Wildman–Crippen LogP) is 2.55. The fraction of sp³-hybridized carbons (Fsp3) is 0.200. The van der Waals surface area contributed by atoms with Gasteiger partial charge in [-0.05, 0) is 36.2 Å². The Morgan fingerprint density at radius 3 is 2.67 bits per heavy atom. The van der Waals surface area contributed by atoms with Gasteiger partial charge in [-0.2, -0.15) is 0 Å². The van der Waals surface area contributed by atoms with Crippen LogP contribution in [0, 0.1) is 6.92 Å². The van der Waals surface area contributed by atoms with E-state index < -0.39 is 0 Å². The summed E-state index contributed by atoms with van der Waals surface area (Å²) in [5.74, 6) is 0. The molecular formula is C10H8Cl2N2O. The molecule has 0 amide bonds. The lowest BCUT2D eigenvalue weighted by molar-refractivity contribution is 0.843. The lowest BCUT2D eigenvalue weighted by atomic mass is 10.1. The van der Waals surface area contributed by atoms with Crippen molar-refractivity contribution in [3.8, 4) is 0 Å². The molecular weight excluding hydrogens is 235 g/mol. The monoisotopic (exact) mass is 242 g/mol. The molecule has 0 N–H and O–H groups in total. The molecule has 5 heteroatoms. The van der Waals surface area contributed by atoms with Crippen LogP contribution in [0.3, 0.4) is 0 Å². The zero-order valence-electron chi connectivity index (χ0n) is 8.21. The van der Waals surface area contributed by atoms with Crippen molar-refractivity contribution in [1.82, 2.24) is 9.55 Å². The Balaban J connectivity index is 3.06. The molecule has 0 radical (unpaired) electrons. The highest BCUT2D eigenvalue weighted by atomic mass is 35.5. The topological polar surface area (TPSA) is 34.9 Å². The smallest absolute Gasteiger partial charge is 0.262 e. The number of hydrogen-bond donors (Lipinski definition) is 0. The van der Waals surface area contributed by atoms with Crippen molar-refractivity contribution in [3.05, 3.63) is 38.4 Å². The van der Waals surface area contributed by atoms with Gasteiger partial charge in [0.25, 0.3) is 5.56 Å². The second-order valence-corrected chi connectivity index (χ2v) is 4.14. The molecule has 0 saturated heterocycles. The summed E-state index contributed by atoms with van der Waals surface area (Å²) in [5, 5.41) is 1.28. The van der Waals surface area contributed by atoms with Gasteiger partial charge in [-0.1, -0.05) is 11.6 Å². The average Bonchev–Trinajstić information content (AvgIpc) is 2.13. The Labute approximate surface area is 96.3 Å². The van der Waals surface area contributed by atoms with E-state index in [1.54, 1.807) is 19.2 Å². The summed E-state index contributed by atoms with van der Waals surface area (Å²) in [6.07, 6.45) is 0. The summed E-state index contributed by atoms with van der Waals surface area (Å²) in [5.41, 5.74) is 1.19. The van der Waals surface area contributed by atoms with Crippen molar-refractivity contribution in [2.45, 2.75) is 6.92 Å². The number of aryl methyl sites for hydroxylation is 1. The van der Waals surface area contributed by atoms with Crippen molar-refractivity contribution in [1.29, 1.82) is 0 Å². The van der Waals surface area contributed by atoms with Gasteiger partial charge in [0, 0.05) is 12.1 Å². The third kappa shape index (κ3) is 1.62. The third-order valence-corrected chi connectivity index (χ3v) is 2.84. The van der Waals surface area contributed by atoms with Gasteiger partial charge in [-0.15, -0.1) is 0 Å². The van der Waals surface area contributed by atoms with Gasteiger partial charge in [0.1, 0.15) is 0 Å². The minimum absolute atomic E-state index is 0.154. The first-order valence-corrected chi connectivity index (χ1v) is 5.08. The SMILES string of the molecule is Cc1cc(Cl)cc2nc(Cl)n(C)c(=O)c12. The quantitative estimate of drug-likeness (QED) is 0.666. The maximum Gasteiger partial charge on any atom is 0.262 e. The van der Waals surface area contributed by atoms with E-state index in [9.17, 15) is 4.79 Å². The second kappa shape index (κ2) is 3.51. The lowest BCUT2D eigenvalue weighted by Gasteiger charge is -2.06. The molecule has 1 heterocycles. The summed E-state index contributed by atoms with van der Waals surface area (Å²) in [4.78, 5) is 16.0. The van der Waals surface area contributed by atoms with E-state index in [4.69, 9.17) is 23.2 Å². The van der Waals surface area contributed by atoms with Crippen molar-refractivity contribution in [2.75, 3.05) is 0 Å². The van der Waals surface area contributed by atoms with Crippen LogP contribution >= 0.6 is 23.2 Å². The van der Waals surface area contributed by atoms with Gasteiger partial charge in [-0.25, -0.2) is 4.98 Å². The maximum absolute atomic E-state index is 11.9. The van der Waals surface area contributed by atoms with Crippen molar-refractivity contribution in [2.24, 2.45) is 7.05 Å². The van der Waals surface area contributed by atoms with E-state index in [0.29, 0.717) is 15.9 Å². The van der Waals surface area contributed by atoms with E-state index >= 15 is 0 Å². The molecule has 15 heavy (non-hydrogen) atoms. The van der Waals surface area contributed by atoms with Gasteiger partial charge in [0.05, 0.1) is 10.9 Å². The number of hydrogen-bond acceptors (Lipinski definition) is 2. The van der Waals surface area contributed by atoms with Crippen LogP contribution < -0.4 is 5.56 Å². The molecule has 1 aromatic carbocycles. The summed E-state index contributed by atoms with van der Waals surface area (Å²) in [7, 11) is 1.59. The molecule has 0 saturated carbocycles. The molecule has 0 atom stereocenters. The van der Waals surface area contributed by atoms with E-state index in [2.05, 4.69) is 4.98 Å². The number of halogens is 2. The molecule has 0 unspecified atom stereocenters. The minimum atomic E-state index is -0.154. The molecule has 3 nitrogen and oxygen atoms in total. The number of aromatic nitrogens is 2. The first-order chi connectivity index (χ1) is 7.00. The van der Waals surface area contributed by atoms with Crippen LogP contribution in [-0.4, -0.2) is 9.55 Å². The highest BCUT2D eigenvalue weighted by Crippen LogP contribution is 2.20. The highest BCUT2D eigenvalue weighted by Gasteiger charge is 2.09. The van der Waals surface area contributed by atoms with Crippen LogP contribution in [0.5, 0.6) is 0 Å². The van der Waals surface area contributed by atoms with Crippen LogP contribution in [0.25, 0.3) is 10.9 Å². The Bertz CT molecular complexity index is 604. The molecule has 0 aliphatic carbocycles. The van der Waals surface area contributed by atoms with Gasteiger partial charge in [0.15, 0.2) is 0 Å². The van der Waals surface area contributed by atoms with Crippen LogP contribution in [0.15, 0.2) is 16.9 Å². The normalized spacial score (nSPS) is 10.9. The van der Waals surface area contributed by atoms with Crippen LogP contribution in [0.2, 0.25) is 10.3 Å². The van der Waals surface area contributed by atoms with Crippen LogP contribution in [0.1, 0.15) is 5.56 Å². The number of fused-ring (bicyclic) bond motifs is 1. The van der Waals surface area contributed by atoms with Crippen molar-refractivity contribution < 1.29 is 0 Å². The lowest BCUT2D eigenvalue weighted by Crippen LogP contribution is -2.19. The van der Waals surface area contributed by atoms with Crippen LogP contribution in [0.4, 0.5) is 0 Å². The molecule has 0 spiro atoms. The first-order valence-electron chi connectivity index (χ1n) is 4.33. The van der Waals surface area contributed by atoms with Crippen LogP contribution in [-0.2, 0) is 7.05 Å². The number of benzene rings is 1. The van der Waals surface area contributed by atoms with Gasteiger partial charge < -0.3 is 0 Å². The third-order valence-electron chi connectivity index (χ3n) is 2.29.